The molecule has 0 saturated carbocycles. The SMILES string of the molecule is CC(C)(C)C(=O)NC(=S)Nc1cc(C(F)(F)F)ccc1Cl. The van der Waals surface area contributed by atoms with E-state index in [-0.39, 0.29) is 21.7 Å². The quantitative estimate of drug-likeness (QED) is 0.753. The molecule has 0 aromatic heterocycles. The number of halogens is 4. The Morgan fingerprint density at radius 2 is 1.81 bits per heavy atom. The highest BCUT2D eigenvalue weighted by Gasteiger charge is 2.31. The fourth-order valence-electron chi connectivity index (χ4n) is 1.24. The lowest BCUT2D eigenvalue weighted by molar-refractivity contribution is -0.137. The van der Waals surface area contributed by atoms with Gasteiger partial charge in [0.15, 0.2) is 5.11 Å². The minimum absolute atomic E-state index is 0.0225. The normalized spacial score (nSPS) is 12.0. The number of rotatable bonds is 1. The maximum Gasteiger partial charge on any atom is 0.416 e. The van der Waals surface area contributed by atoms with E-state index in [4.69, 9.17) is 23.8 Å². The van der Waals surface area contributed by atoms with Crippen LogP contribution in [0.25, 0.3) is 0 Å². The van der Waals surface area contributed by atoms with Crippen molar-refractivity contribution in [2.45, 2.75) is 26.9 Å². The van der Waals surface area contributed by atoms with Gasteiger partial charge in [-0.05, 0) is 30.4 Å². The Morgan fingerprint density at radius 3 is 2.29 bits per heavy atom. The second-order valence-electron chi connectivity index (χ2n) is 5.35. The van der Waals surface area contributed by atoms with Crippen LogP contribution in [0.1, 0.15) is 26.3 Å². The summed E-state index contributed by atoms with van der Waals surface area (Å²) in [5.74, 6) is -0.358. The molecule has 0 bridgehead atoms. The van der Waals surface area contributed by atoms with E-state index in [9.17, 15) is 18.0 Å². The summed E-state index contributed by atoms with van der Waals surface area (Å²) in [7, 11) is 0. The number of anilines is 1. The average molecular weight is 339 g/mol. The molecule has 0 aliphatic heterocycles. The van der Waals surface area contributed by atoms with Crippen molar-refractivity contribution in [2.24, 2.45) is 5.41 Å². The van der Waals surface area contributed by atoms with Crippen molar-refractivity contribution in [1.82, 2.24) is 5.32 Å². The van der Waals surface area contributed by atoms with Gasteiger partial charge in [-0.15, -0.1) is 0 Å². The molecule has 8 heteroatoms. The fourth-order valence-corrected chi connectivity index (χ4v) is 1.61. The van der Waals surface area contributed by atoms with E-state index in [0.717, 1.165) is 18.2 Å². The molecule has 3 nitrogen and oxygen atoms in total. The first-order valence-electron chi connectivity index (χ1n) is 5.90. The van der Waals surface area contributed by atoms with Gasteiger partial charge in [0.05, 0.1) is 16.3 Å². The van der Waals surface area contributed by atoms with Gasteiger partial charge < -0.3 is 10.6 Å². The molecule has 116 valence electrons. The van der Waals surface area contributed by atoms with E-state index >= 15 is 0 Å². The smallest absolute Gasteiger partial charge is 0.331 e. The van der Waals surface area contributed by atoms with Crippen molar-refractivity contribution >= 4 is 40.5 Å². The minimum Gasteiger partial charge on any atom is -0.331 e. The van der Waals surface area contributed by atoms with Crippen LogP contribution in [0.5, 0.6) is 0 Å². The second-order valence-corrected chi connectivity index (χ2v) is 6.17. The summed E-state index contributed by atoms with van der Waals surface area (Å²) in [5.41, 5.74) is -1.56. The number of amides is 1. The number of thiocarbonyl (C=S) groups is 1. The van der Waals surface area contributed by atoms with Gasteiger partial charge in [-0.2, -0.15) is 13.2 Å². The number of benzene rings is 1. The number of hydrogen-bond acceptors (Lipinski definition) is 2. The van der Waals surface area contributed by atoms with Crippen molar-refractivity contribution in [3.05, 3.63) is 28.8 Å². The lowest BCUT2D eigenvalue weighted by Crippen LogP contribution is -2.41. The van der Waals surface area contributed by atoms with Crippen molar-refractivity contribution in [2.75, 3.05) is 5.32 Å². The Kier molecular flexibility index (Phi) is 5.22. The number of nitrogens with one attached hydrogen (secondary N) is 2. The predicted molar refractivity (Wildman–Crippen MR) is 80.3 cm³/mol. The van der Waals surface area contributed by atoms with Crippen LogP contribution in [0.15, 0.2) is 18.2 Å². The standard InChI is InChI=1S/C13H14ClF3N2OS/c1-12(2,3)10(20)19-11(21)18-9-6-7(13(15,16)17)4-5-8(9)14/h4-6H,1-3H3,(H2,18,19,20,21). The van der Waals surface area contributed by atoms with E-state index in [1.165, 1.54) is 0 Å². The van der Waals surface area contributed by atoms with Gasteiger partial charge in [-0.1, -0.05) is 32.4 Å². The van der Waals surface area contributed by atoms with Crippen LogP contribution in [0.3, 0.4) is 0 Å². The first kappa shape index (κ1) is 17.7. The third-order valence-electron chi connectivity index (χ3n) is 2.45. The van der Waals surface area contributed by atoms with Crippen molar-refractivity contribution in [3.8, 4) is 0 Å². The molecule has 1 aromatic carbocycles. The predicted octanol–water partition coefficient (Wildman–Crippen LogP) is 4.22. The zero-order chi connectivity index (χ0) is 16.4. The molecule has 0 atom stereocenters. The molecule has 1 aromatic rings. The van der Waals surface area contributed by atoms with Gasteiger partial charge >= 0.3 is 6.18 Å². The van der Waals surface area contributed by atoms with Crippen LogP contribution < -0.4 is 10.6 Å². The number of carbonyl (C=O) groups is 1. The average Bonchev–Trinajstić information content (AvgIpc) is 2.29. The van der Waals surface area contributed by atoms with E-state index in [1.807, 2.05) is 0 Å². The monoisotopic (exact) mass is 338 g/mol. The van der Waals surface area contributed by atoms with Gasteiger partial charge in [0, 0.05) is 5.41 Å². The van der Waals surface area contributed by atoms with Crippen LogP contribution in [-0.2, 0) is 11.0 Å². The molecular weight excluding hydrogens is 325 g/mol. The summed E-state index contributed by atoms with van der Waals surface area (Å²) in [5, 5.41) is 4.84. The maximum absolute atomic E-state index is 12.6. The zero-order valence-electron chi connectivity index (χ0n) is 11.6. The molecule has 0 saturated heterocycles. The minimum atomic E-state index is -4.49. The summed E-state index contributed by atoms with van der Waals surface area (Å²) in [4.78, 5) is 11.7. The molecule has 0 unspecified atom stereocenters. The highest BCUT2D eigenvalue weighted by molar-refractivity contribution is 7.80. The largest absolute Gasteiger partial charge is 0.416 e. The Bertz CT molecular complexity index is 568. The topological polar surface area (TPSA) is 41.1 Å². The van der Waals surface area contributed by atoms with Crippen LogP contribution in [-0.4, -0.2) is 11.0 Å². The molecule has 0 heterocycles. The highest BCUT2D eigenvalue weighted by Crippen LogP contribution is 2.33. The maximum atomic E-state index is 12.6. The molecule has 0 aliphatic carbocycles. The zero-order valence-corrected chi connectivity index (χ0v) is 13.1. The number of carbonyl (C=O) groups excluding carboxylic acids is 1. The van der Waals surface area contributed by atoms with Gasteiger partial charge in [0.2, 0.25) is 5.91 Å². The van der Waals surface area contributed by atoms with Crippen molar-refractivity contribution in [1.29, 1.82) is 0 Å². The third-order valence-corrected chi connectivity index (χ3v) is 2.98. The summed E-state index contributed by atoms with van der Waals surface area (Å²) >= 11 is 10.7. The molecule has 0 fully saturated rings. The van der Waals surface area contributed by atoms with E-state index in [2.05, 4.69) is 10.6 Å². The first-order valence-corrected chi connectivity index (χ1v) is 6.69. The lowest BCUT2D eigenvalue weighted by atomic mass is 9.96. The summed E-state index contributed by atoms with van der Waals surface area (Å²) in [6.07, 6.45) is -4.49. The van der Waals surface area contributed by atoms with Gasteiger partial charge in [0.25, 0.3) is 0 Å². The van der Waals surface area contributed by atoms with Gasteiger partial charge in [-0.25, -0.2) is 0 Å². The highest BCUT2D eigenvalue weighted by atomic mass is 35.5. The molecule has 0 radical (unpaired) electrons. The Hall–Kier alpha value is -1.34. The molecule has 21 heavy (non-hydrogen) atoms. The van der Waals surface area contributed by atoms with Crippen molar-refractivity contribution < 1.29 is 18.0 Å². The Morgan fingerprint density at radius 1 is 1.24 bits per heavy atom. The van der Waals surface area contributed by atoms with Crippen LogP contribution >= 0.6 is 23.8 Å². The van der Waals surface area contributed by atoms with Crippen LogP contribution in [0, 0.1) is 5.41 Å². The van der Waals surface area contributed by atoms with E-state index in [0.29, 0.717) is 0 Å². The molecule has 1 rings (SSSR count). The summed E-state index contributed by atoms with van der Waals surface area (Å²) < 4.78 is 37.9. The summed E-state index contributed by atoms with van der Waals surface area (Å²) in [6, 6.07) is 2.81. The molecule has 0 spiro atoms. The Balaban J connectivity index is 2.88. The summed E-state index contributed by atoms with van der Waals surface area (Å²) in [6.45, 7) is 5.05. The van der Waals surface area contributed by atoms with Gasteiger partial charge in [-0.3, -0.25) is 4.79 Å². The first-order chi connectivity index (χ1) is 9.41. The van der Waals surface area contributed by atoms with E-state index < -0.39 is 17.2 Å². The number of alkyl halides is 3. The lowest BCUT2D eigenvalue weighted by Gasteiger charge is -2.19. The molecular formula is C13H14ClF3N2OS. The molecule has 0 aliphatic rings. The van der Waals surface area contributed by atoms with Gasteiger partial charge in [0.1, 0.15) is 0 Å². The van der Waals surface area contributed by atoms with Crippen LogP contribution in [0.2, 0.25) is 5.02 Å². The van der Waals surface area contributed by atoms with Crippen LogP contribution in [0.4, 0.5) is 18.9 Å². The fraction of sp³-hybridized carbons (Fsp3) is 0.385. The molecule has 1 amide bonds. The second kappa shape index (κ2) is 6.19. The van der Waals surface area contributed by atoms with Crippen molar-refractivity contribution in [3.63, 3.8) is 0 Å². The molecule has 2 N–H and O–H groups in total. The van der Waals surface area contributed by atoms with E-state index in [1.54, 1.807) is 20.8 Å². The Labute approximate surface area is 130 Å². The number of hydrogen-bond donors (Lipinski definition) is 2. The third kappa shape index (κ3) is 5.17.